The molecule has 1 atom stereocenters. The number of para-hydroxylation sites is 2. The van der Waals surface area contributed by atoms with Crippen LogP contribution in [-0.4, -0.2) is 77.0 Å². The Bertz CT molecular complexity index is 1130. The highest BCUT2D eigenvalue weighted by Crippen LogP contribution is 2.34. The Morgan fingerprint density at radius 1 is 0.968 bits per heavy atom. The molecule has 3 aliphatic rings. The fourth-order valence-corrected chi connectivity index (χ4v) is 4.59. The molecule has 1 saturated heterocycles. The number of halogens is 1. The van der Waals surface area contributed by atoms with Crippen LogP contribution in [0.2, 0.25) is 0 Å². The van der Waals surface area contributed by atoms with Crippen molar-refractivity contribution in [2.45, 2.75) is 6.17 Å². The first-order valence-corrected chi connectivity index (χ1v) is 10.7. The monoisotopic (exact) mass is 420 g/mol. The van der Waals surface area contributed by atoms with Gasteiger partial charge in [-0.3, -0.25) is 9.47 Å². The van der Waals surface area contributed by atoms with E-state index in [-0.39, 0.29) is 12.0 Å². The Balaban J connectivity index is 1.41. The number of benzene rings is 2. The van der Waals surface area contributed by atoms with Gasteiger partial charge in [0.05, 0.1) is 17.7 Å². The topological polar surface area (TPSA) is 55.2 Å². The van der Waals surface area contributed by atoms with E-state index >= 15 is 0 Å². The molecule has 160 valence electrons. The van der Waals surface area contributed by atoms with E-state index in [1.807, 2.05) is 30.3 Å². The van der Waals surface area contributed by atoms with E-state index in [1.165, 1.54) is 12.1 Å². The lowest BCUT2D eigenvalue weighted by atomic mass is 10.1. The maximum absolute atomic E-state index is 13.6. The van der Waals surface area contributed by atoms with E-state index in [9.17, 15) is 4.39 Å². The fourth-order valence-electron chi connectivity index (χ4n) is 4.59. The Morgan fingerprint density at radius 3 is 2.55 bits per heavy atom. The molecule has 0 amide bonds. The van der Waals surface area contributed by atoms with Gasteiger partial charge in [0, 0.05) is 26.2 Å². The van der Waals surface area contributed by atoms with E-state index in [0.29, 0.717) is 13.3 Å². The van der Waals surface area contributed by atoms with Crippen LogP contribution in [0.5, 0.6) is 0 Å². The van der Waals surface area contributed by atoms with Crippen LogP contribution in [0, 0.1) is 5.82 Å². The minimum absolute atomic E-state index is 0.201. The van der Waals surface area contributed by atoms with Crippen LogP contribution in [0.25, 0.3) is 11.0 Å². The molecule has 9 heteroatoms. The summed E-state index contributed by atoms with van der Waals surface area (Å²) < 4.78 is 15.8. The number of nitrogens with one attached hydrogen (secondary N) is 1. The van der Waals surface area contributed by atoms with Gasteiger partial charge in [-0.15, -0.1) is 0 Å². The van der Waals surface area contributed by atoms with Gasteiger partial charge in [-0.1, -0.05) is 24.3 Å². The second-order valence-electron chi connectivity index (χ2n) is 8.32. The third-order valence-corrected chi connectivity index (χ3v) is 6.35. The number of hydrogen-bond donors (Lipinski definition) is 1. The number of likely N-dealkylation sites (N-methyl/N-ethyl adjacent to an activating group) is 1. The number of aliphatic imine (C=N–C) groups is 1. The van der Waals surface area contributed by atoms with Crippen molar-refractivity contribution < 1.29 is 4.39 Å². The molecular weight excluding hydrogens is 395 g/mol. The minimum Gasteiger partial charge on any atom is -0.331 e. The average molecular weight is 420 g/mol. The molecule has 1 fully saturated rings. The standard InChI is InChI=1S/C22H25FN8/c1-27-10-12-28(13-11-27)29-14-24-21-26-20(16-6-8-17(23)9-7-16)31-19-5-3-2-4-18(19)25-22(31)30(21)15-29/h2-9,20H,10-15H2,1H3,(H,24,26)/t20-/m1/s1. The Hall–Kier alpha value is -3.01. The van der Waals surface area contributed by atoms with Crippen molar-refractivity contribution in [3.05, 3.63) is 59.9 Å². The molecule has 0 unspecified atom stereocenters. The number of guanidine groups is 1. The normalized spacial score (nSPS) is 22.7. The SMILES string of the molecule is CN1CCN(N2CN=C3N[C@@H](c4ccc(F)cc4)n4c(nc5ccccc54)N3C2)CC1. The summed E-state index contributed by atoms with van der Waals surface area (Å²) in [5.74, 6) is 1.42. The molecule has 0 radical (unpaired) electrons. The van der Waals surface area contributed by atoms with Crippen molar-refractivity contribution in [3.8, 4) is 0 Å². The molecule has 1 aromatic heterocycles. The molecule has 0 bridgehead atoms. The molecule has 2 aromatic carbocycles. The summed E-state index contributed by atoms with van der Waals surface area (Å²) in [4.78, 5) is 14.3. The summed E-state index contributed by atoms with van der Waals surface area (Å²) in [6.07, 6.45) is -0.201. The first-order chi connectivity index (χ1) is 15.2. The highest BCUT2D eigenvalue weighted by atomic mass is 19.1. The molecule has 31 heavy (non-hydrogen) atoms. The Morgan fingerprint density at radius 2 is 1.74 bits per heavy atom. The van der Waals surface area contributed by atoms with E-state index in [0.717, 1.165) is 54.7 Å². The molecule has 3 aliphatic heterocycles. The van der Waals surface area contributed by atoms with Crippen molar-refractivity contribution in [2.75, 3.05) is 51.5 Å². The zero-order valence-corrected chi connectivity index (χ0v) is 17.4. The Labute approximate surface area is 180 Å². The predicted octanol–water partition coefficient (Wildman–Crippen LogP) is 1.88. The second kappa shape index (κ2) is 7.30. The molecule has 0 saturated carbocycles. The van der Waals surface area contributed by atoms with Crippen LogP contribution < -0.4 is 10.2 Å². The molecule has 8 nitrogen and oxygen atoms in total. The van der Waals surface area contributed by atoms with Gasteiger partial charge in [0.25, 0.3) is 0 Å². The number of fused-ring (bicyclic) bond motifs is 5. The number of rotatable bonds is 2. The van der Waals surface area contributed by atoms with Crippen LogP contribution in [-0.2, 0) is 0 Å². The fraction of sp³-hybridized carbons (Fsp3) is 0.364. The summed E-state index contributed by atoms with van der Waals surface area (Å²) >= 11 is 0. The number of imidazole rings is 1. The minimum atomic E-state index is -0.241. The molecular formula is C22H25FN8. The lowest BCUT2D eigenvalue weighted by Gasteiger charge is -2.46. The van der Waals surface area contributed by atoms with Gasteiger partial charge in [-0.25, -0.2) is 24.4 Å². The second-order valence-corrected chi connectivity index (χ2v) is 8.32. The van der Waals surface area contributed by atoms with Gasteiger partial charge >= 0.3 is 0 Å². The van der Waals surface area contributed by atoms with Crippen LogP contribution >= 0.6 is 0 Å². The first-order valence-electron chi connectivity index (χ1n) is 10.7. The van der Waals surface area contributed by atoms with E-state index < -0.39 is 0 Å². The summed E-state index contributed by atoms with van der Waals surface area (Å²) in [5.41, 5.74) is 2.94. The third kappa shape index (κ3) is 3.16. The zero-order chi connectivity index (χ0) is 20.9. The quantitative estimate of drug-likeness (QED) is 0.683. The highest BCUT2D eigenvalue weighted by Gasteiger charge is 2.37. The lowest BCUT2D eigenvalue weighted by Crippen LogP contribution is -2.62. The van der Waals surface area contributed by atoms with Crippen molar-refractivity contribution in [2.24, 2.45) is 4.99 Å². The molecule has 3 aromatic rings. The van der Waals surface area contributed by atoms with Gasteiger partial charge in [0.15, 0.2) is 0 Å². The molecule has 4 heterocycles. The third-order valence-electron chi connectivity index (χ3n) is 6.35. The summed E-state index contributed by atoms with van der Waals surface area (Å²) in [5, 5.41) is 8.26. The number of aromatic nitrogens is 2. The van der Waals surface area contributed by atoms with E-state index in [4.69, 9.17) is 9.98 Å². The average Bonchev–Trinajstić information content (AvgIpc) is 3.19. The molecule has 0 aliphatic carbocycles. The van der Waals surface area contributed by atoms with Crippen molar-refractivity contribution in [1.29, 1.82) is 0 Å². The van der Waals surface area contributed by atoms with Gasteiger partial charge in [-0.2, -0.15) is 0 Å². The van der Waals surface area contributed by atoms with Crippen LogP contribution in [0.3, 0.4) is 0 Å². The maximum atomic E-state index is 13.6. The molecule has 1 N–H and O–H groups in total. The molecule has 0 spiro atoms. The Kier molecular flexibility index (Phi) is 4.41. The van der Waals surface area contributed by atoms with Crippen LogP contribution in [0.15, 0.2) is 53.5 Å². The summed E-state index contributed by atoms with van der Waals surface area (Å²) in [7, 11) is 2.16. The van der Waals surface area contributed by atoms with Gasteiger partial charge < -0.3 is 10.2 Å². The first kappa shape index (κ1) is 18.7. The molecule has 6 rings (SSSR count). The number of hydrogen-bond acceptors (Lipinski definition) is 7. The number of nitrogens with zero attached hydrogens (tertiary/aromatic N) is 7. The van der Waals surface area contributed by atoms with Crippen molar-refractivity contribution in [1.82, 2.24) is 29.8 Å². The van der Waals surface area contributed by atoms with Crippen LogP contribution in [0.1, 0.15) is 11.7 Å². The van der Waals surface area contributed by atoms with Gasteiger partial charge in [0.2, 0.25) is 11.9 Å². The van der Waals surface area contributed by atoms with Gasteiger partial charge in [0.1, 0.15) is 18.7 Å². The lowest BCUT2D eigenvalue weighted by molar-refractivity contribution is -0.0528. The maximum Gasteiger partial charge on any atom is 0.216 e. The van der Waals surface area contributed by atoms with Gasteiger partial charge in [-0.05, 0) is 36.9 Å². The number of hydrazine groups is 1. The predicted molar refractivity (Wildman–Crippen MR) is 118 cm³/mol. The van der Waals surface area contributed by atoms with E-state index in [2.05, 4.69) is 42.8 Å². The zero-order valence-electron chi connectivity index (χ0n) is 17.4. The van der Waals surface area contributed by atoms with Crippen LogP contribution in [0.4, 0.5) is 10.3 Å². The number of piperazine rings is 1. The van der Waals surface area contributed by atoms with E-state index in [1.54, 1.807) is 0 Å². The summed E-state index contributed by atoms with van der Waals surface area (Å²) in [6, 6.07) is 14.8. The number of anilines is 1. The highest BCUT2D eigenvalue weighted by molar-refractivity contribution is 5.98. The largest absolute Gasteiger partial charge is 0.331 e. The summed E-state index contributed by atoms with van der Waals surface area (Å²) in [6.45, 7) is 5.40. The van der Waals surface area contributed by atoms with Crippen molar-refractivity contribution >= 4 is 22.9 Å². The smallest absolute Gasteiger partial charge is 0.216 e. The van der Waals surface area contributed by atoms with Crippen molar-refractivity contribution in [3.63, 3.8) is 0 Å².